The molecule has 1 aliphatic rings. The fourth-order valence-corrected chi connectivity index (χ4v) is 3.30. The van der Waals surface area contributed by atoms with E-state index in [1.165, 1.54) is 12.7 Å². The first kappa shape index (κ1) is 23.3. The lowest BCUT2D eigenvalue weighted by Gasteiger charge is -2.29. The van der Waals surface area contributed by atoms with E-state index < -0.39 is 12.1 Å². The molecule has 0 aliphatic heterocycles. The van der Waals surface area contributed by atoms with E-state index in [9.17, 15) is 18.0 Å². The van der Waals surface area contributed by atoms with Gasteiger partial charge in [0.2, 0.25) is 0 Å². The number of halogens is 3. The fraction of sp³-hybridized carbons (Fsp3) is 0.500. The summed E-state index contributed by atoms with van der Waals surface area (Å²) < 4.78 is 38.3. The number of aromatic nitrogens is 4. The Bertz CT molecular complexity index is 900. The van der Waals surface area contributed by atoms with E-state index in [1.54, 1.807) is 4.68 Å². The number of methoxy groups -OCH3 is 1. The number of esters is 1. The summed E-state index contributed by atoms with van der Waals surface area (Å²) in [6.07, 6.45) is -2.13. The molecule has 2 atom stereocenters. The molecule has 1 aromatic carbocycles. The van der Waals surface area contributed by atoms with Gasteiger partial charge >= 0.3 is 18.1 Å². The van der Waals surface area contributed by atoms with Crippen LogP contribution in [0.15, 0.2) is 18.2 Å². The van der Waals surface area contributed by atoms with Gasteiger partial charge in [-0.1, -0.05) is 12.1 Å². The van der Waals surface area contributed by atoms with E-state index in [1.807, 2.05) is 26.1 Å². The Morgan fingerprint density at radius 2 is 2.03 bits per heavy atom. The van der Waals surface area contributed by atoms with E-state index in [-0.39, 0.29) is 18.1 Å². The number of carbonyl (C=O) groups excluding carboxylic acids is 1. The summed E-state index contributed by atoms with van der Waals surface area (Å²) in [6, 6.07) is 6.03. The maximum Gasteiger partial charge on any atom is 0.490 e. The number of nitrogens with zero attached hydrogens (tertiary/aromatic N) is 4. The van der Waals surface area contributed by atoms with E-state index in [0.717, 1.165) is 30.7 Å². The monoisotopic (exact) mass is 429 g/mol. The predicted molar refractivity (Wildman–Crippen MR) is 97.5 cm³/mol. The highest BCUT2D eigenvalue weighted by molar-refractivity contribution is 5.91. The van der Waals surface area contributed by atoms with Gasteiger partial charge in [0.05, 0.1) is 18.7 Å². The number of benzene rings is 1. The first-order chi connectivity index (χ1) is 14.1. The number of ether oxygens (including phenoxy) is 1. The molecule has 9 nitrogen and oxygen atoms in total. The lowest BCUT2D eigenvalue weighted by atomic mass is 9.84. The van der Waals surface area contributed by atoms with E-state index in [4.69, 9.17) is 14.6 Å². The van der Waals surface area contributed by atoms with Crippen molar-refractivity contribution in [1.82, 2.24) is 25.5 Å². The standard InChI is InChI=1S/C16H21N5O2.C2HF3O2/c1-10(15-18-19-20-21(15)2)17-14-9-5-6-11-12(14)7-4-8-13(11)16(22)23-3;3-2(4,5)1(6)7/h4,7-8,10,14,17H,5-6,9H2,1-3H3;(H,6,7). The van der Waals surface area contributed by atoms with Crippen molar-refractivity contribution in [2.24, 2.45) is 7.05 Å². The number of hydrogen-bond acceptors (Lipinski definition) is 7. The van der Waals surface area contributed by atoms with Crippen LogP contribution in [0.3, 0.4) is 0 Å². The zero-order chi connectivity index (χ0) is 22.5. The Balaban J connectivity index is 0.000000396. The third kappa shape index (κ3) is 5.53. The zero-order valence-electron chi connectivity index (χ0n) is 16.6. The second kappa shape index (κ2) is 9.65. The number of alkyl halides is 3. The Morgan fingerprint density at radius 3 is 2.57 bits per heavy atom. The minimum Gasteiger partial charge on any atom is -0.475 e. The highest BCUT2D eigenvalue weighted by Crippen LogP contribution is 2.33. The third-order valence-electron chi connectivity index (χ3n) is 4.65. The van der Waals surface area contributed by atoms with Gasteiger partial charge in [-0.2, -0.15) is 13.2 Å². The zero-order valence-corrected chi connectivity index (χ0v) is 16.6. The number of carbonyl (C=O) groups is 2. The van der Waals surface area contributed by atoms with Crippen molar-refractivity contribution in [3.63, 3.8) is 0 Å². The molecule has 2 aromatic rings. The molecule has 30 heavy (non-hydrogen) atoms. The number of aryl methyl sites for hydroxylation is 1. The van der Waals surface area contributed by atoms with E-state index >= 15 is 0 Å². The van der Waals surface area contributed by atoms with Crippen LogP contribution in [-0.2, 0) is 23.0 Å². The lowest BCUT2D eigenvalue weighted by molar-refractivity contribution is -0.192. The van der Waals surface area contributed by atoms with Gasteiger partial charge in [0, 0.05) is 13.1 Å². The van der Waals surface area contributed by atoms with Gasteiger partial charge in [0.1, 0.15) is 0 Å². The van der Waals surface area contributed by atoms with Crippen molar-refractivity contribution in [3.05, 3.63) is 40.7 Å². The SMILES string of the molecule is COC(=O)c1cccc2c1CCCC2NC(C)c1nnnn1C.O=C(O)C(F)(F)F. The molecule has 1 heterocycles. The molecule has 12 heteroatoms. The Labute approximate surface area is 170 Å². The Hall–Kier alpha value is -3.02. The number of hydrogen-bond donors (Lipinski definition) is 2. The molecule has 1 aliphatic carbocycles. The van der Waals surface area contributed by atoms with Crippen molar-refractivity contribution in [2.75, 3.05) is 7.11 Å². The van der Waals surface area contributed by atoms with Crippen molar-refractivity contribution < 1.29 is 32.6 Å². The van der Waals surface area contributed by atoms with Crippen molar-refractivity contribution in [1.29, 1.82) is 0 Å². The average molecular weight is 429 g/mol. The third-order valence-corrected chi connectivity index (χ3v) is 4.65. The molecular formula is C18H22F3N5O4. The van der Waals surface area contributed by atoms with Crippen LogP contribution in [0.4, 0.5) is 13.2 Å². The van der Waals surface area contributed by atoms with Gasteiger partial charge in [0.25, 0.3) is 0 Å². The summed E-state index contributed by atoms with van der Waals surface area (Å²) in [5, 5.41) is 22.3. The molecule has 0 saturated heterocycles. The molecule has 0 amide bonds. The largest absolute Gasteiger partial charge is 0.490 e. The van der Waals surface area contributed by atoms with Crippen molar-refractivity contribution in [2.45, 2.75) is 44.4 Å². The maximum atomic E-state index is 12.0. The van der Waals surface area contributed by atoms with Gasteiger partial charge < -0.3 is 15.2 Å². The quantitative estimate of drug-likeness (QED) is 0.711. The Morgan fingerprint density at radius 1 is 1.37 bits per heavy atom. The van der Waals surface area contributed by atoms with Crippen LogP contribution in [0.1, 0.15) is 59.2 Å². The number of fused-ring (bicyclic) bond motifs is 1. The van der Waals surface area contributed by atoms with Crippen LogP contribution in [0.5, 0.6) is 0 Å². The summed E-state index contributed by atoms with van der Waals surface area (Å²) in [5.74, 6) is -2.23. The average Bonchev–Trinajstić information content (AvgIpc) is 3.13. The van der Waals surface area contributed by atoms with Crippen LogP contribution in [0.25, 0.3) is 0 Å². The fourth-order valence-electron chi connectivity index (χ4n) is 3.30. The highest BCUT2D eigenvalue weighted by Gasteiger charge is 2.38. The number of tetrazole rings is 1. The molecule has 164 valence electrons. The number of aliphatic carboxylic acids is 1. The molecule has 1 aromatic heterocycles. The van der Waals surface area contributed by atoms with Crippen LogP contribution < -0.4 is 5.32 Å². The second-order valence-corrected chi connectivity index (χ2v) is 6.66. The number of carboxylic acid groups (broad SMARTS) is 1. The number of nitrogens with one attached hydrogen (secondary N) is 1. The van der Waals surface area contributed by atoms with E-state index in [2.05, 4.69) is 26.9 Å². The minimum absolute atomic E-state index is 0.0210. The van der Waals surface area contributed by atoms with Gasteiger partial charge in [-0.05, 0) is 53.8 Å². The molecule has 0 bridgehead atoms. The van der Waals surface area contributed by atoms with Gasteiger partial charge in [-0.3, -0.25) is 0 Å². The molecule has 2 unspecified atom stereocenters. The van der Waals surface area contributed by atoms with Gasteiger partial charge in [-0.25, -0.2) is 14.3 Å². The second-order valence-electron chi connectivity index (χ2n) is 6.66. The summed E-state index contributed by atoms with van der Waals surface area (Å²) in [7, 11) is 3.25. The minimum atomic E-state index is -5.08. The number of rotatable bonds is 4. The first-order valence-electron chi connectivity index (χ1n) is 9.04. The lowest BCUT2D eigenvalue weighted by Crippen LogP contribution is -2.30. The van der Waals surface area contributed by atoms with Crippen molar-refractivity contribution in [3.8, 4) is 0 Å². The maximum absolute atomic E-state index is 12.0. The molecule has 3 rings (SSSR count). The molecule has 0 saturated carbocycles. The van der Waals surface area contributed by atoms with Crippen LogP contribution in [0.2, 0.25) is 0 Å². The predicted octanol–water partition coefficient (Wildman–Crippen LogP) is 2.36. The molecule has 0 fully saturated rings. The number of carboxylic acids is 1. The van der Waals surface area contributed by atoms with E-state index in [0.29, 0.717) is 5.56 Å². The van der Waals surface area contributed by atoms with Crippen LogP contribution in [-0.4, -0.2) is 50.5 Å². The Kier molecular flexibility index (Phi) is 7.48. The molecular weight excluding hydrogens is 407 g/mol. The summed E-state index contributed by atoms with van der Waals surface area (Å²) in [4.78, 5) is 20.9. The highest BCUT2D eigenvalue weighted by atomic mass is 19.4. The topological polar surface area (TPSA) is 119 Å². The van der Waals surface area contributed by atoms with Gasteiger partial charge in [-0.15, -0.1) is 5.10 Å². The van der Waals surface area contributed by atoms with Crippen LogP contribution >= 0.6 is 0 Å². The van der Waals surface area contributed by atoms with Crippen molar-refractivity contribution >= 4 is 11.9 Å². The molecule has 0 radical (unpaired) electrons. The molecule has 0 spiro atoms. The summed E-state index contributed by atoms with van der Waals surface area (Å²) in [6.45, 7) is 2.05. The summed E-state index contributed by atoms with van der Waals surface area (Å²) in [5.41, 5.74) is 2.93. The van der Waals surface area contributed by atoms with Crippen LogP contribution in [0, 0.1) is 0 Å². The normalized spacial score (nSPS) is 16.7. The summed E-state index contributed by atoms with van der Waals surface area (Å²) >= 11 is 0. The molecule has 2 N–H and O–H groups in total. The first-order valence-corrected chi connectivity index (χ1v) is 9.04. The smallest absolute Gasteiger partial charge is 0.475 e. The van der Waals surface area contributed by atoms with Gasteiger partial charge in [0.15, 0.2) is 5.82 Å².